The predicted octanol–water partition coefficient (Wildman–Crippen LogP) is 6.57. The number of carbonyl (C=O) groups is 2. The SMILES string of the molecule is CCCCC(=O)C1(CCCCN2CCC2N2Cc3ccccc3C2=O)c2ccccc2-c2ccccc21. The lowest BCUT2D eigenvalue weighted by Gasteiger charge is -2.46. The fourth-order valence-corrected chi connectivity index (χ4v) is 6.85. The van der Waals surface area contributed by atoms with Gasteiger partial charge in [0.1, 0.15) is 5.78 Å². The number of hydrogen-bond donors (Lipinski definition) is 0. The van der Waals surface area contributed by atoms with Crippen molar-refractivity contribution in [2.45, 2.75) is 70.0 Å². The number of ketones is 1. The van der Waals surface area contributed by atoms with E-state index in [2.05, 4.69) is 66.4 Å². The Morgan fingerprint density at radius 3 is 2.14 bits per heavy atom. The first kappa shape index (κ1) is 24.1. The molecule has 1 fully saturated rings. The number of likely N-dealkylation sites (tertiary alicyclic amines) is 1. The van der Waals surface area contributed by atoms with Gasteiger partial charge < -0.3 is 4.90 Å². The molecule has 1 unspecified atom stereocenters. The molecule has 0 bridgehead atoms. The largest absolute Gasteiger partial charge is 0.318 e. The molecular weight excluding hydrogens is 456 g/mol. The Morgan fingerprint density at radius 2 is 1.51 bits per heavy atom. The highest BCUT2D eigenvalue weighted by atomic mass is 16.2. The molecule has 6 rings (SSSR count). The molecule has 0 spiro atoms. The van der Waals surface area contributed by atoms with Crippen molar-refractivity contribution >= 4 is 11.7 Å². The van der Waals surface area contributed by atoms with Crippen molar-refractivity contribution < 1.29 is 9.59 Å². The lowest BCUT2D eigenvalue weighted by Crippen LogP contribution is -2.57. The minimum absolute atomic E-state index is 0.171. The van der Waals surface area contributed by atoms with Gasteiger partial charge in [-0.05, 0) is 59.6 Å². The van der Waals surface area contributed by atoms with Crippen LogP contribution >= 0.6 is 0 Å². The predicted molar refractivity (Wildman–Crippen MR) is 147 cm³/mol. The number of benzene rings is 3. The molecule has 0 aromatic heterocycles. The quantitative estimate of drug-likeness (QED) is 0.301. The molecule has 190 valence electrons. The third kappa shape index (κ3) is 3.93. The van der Waals surface area contributed by atoms with Gasteiger partial charge in [0, 0.05) is 31.6 Å². The topological polar surface area (TPSA) is 40.6 Å². The Hall–Kier alpha value is -3.24. The second kappa shape index (κ2) is 9.90. The van der Waals surface area contributed by atoms with E-state index in [9.17, 15) is 9.59 Å². The van der Waals surface area contributed by atoms with Crippen LogP contribution in [0.3, 0.4) is 0 Å². The second-order valence-corrected chi connectivity index (χ2v) is 10.9. The van der Waals surface area contributed by atoms with Gasteiger partial charge in [-0.3, -0.25) is 14.5 Å². The minimum atomic E-state index is -0.538. The highest BCUT2D eigenvalue weighted by Gasteiger charge is 2.47. The van der Waals surface area contributed by atoms with Gasteiger partial charge in [0.2, 0.25) is 0 Å². The summed E-state index contributed by atoms with van der Waals surface area (Å²) in [6.45, 7) is 4.88. The van der Waals surface area contributed by atoms with Gasteiger partial charge in [0.15, 0.2) is 0 Å². The van der Waals surface area contributed by atoms with Crippen LogP contribution in [0.15, 0.2) is 72.8 Å². The zero-order valence-corrected chi connectivity index (χ0v) is 21.8. The number of hydrogen-bond acceptors (Lipinski definition) is 3. The van der Waals surface area contributed by atoms with Crippen molar-refractivity contribution in [3.8, 4) is 11.1 Å². The van der Waals surface area contributed by atoms with Gasteiger partial charge in [-0.1, -0.05) is 86.5 Å². The molecule has 3 aliphatic rings. The Morgan fingerprint density at radius 1 is 0.865 bits per heavy atom. The molecule has 2 heterocycles. The minimum Gasteiger partial charge on any atom is -0.318 e. The summed E-state index contributed by atoms with van der Waals surface area (Å²) in [4.78, 5) is 31.4. The number of rotatable bonds is 10. The van der Waals surface area contributed by atoms with Crippen LogP contribution in [0.25, 0.3) is 11.1 Å². The number of carbonyl (C=O) groups excluding carboxylic acids is 2. The molecule has 1 aliphatic carbocycles. The number of amides is 1. The van der Waals surface area contributed by atoms with Crippen LogP contribution in [0.1, 0.15) is 78.9 Å². The molecule has 0 radical (unpaired) electrons. The standard InChI is InChI=1S/C33H36N2O2/c1-2-3-18-30(36)33(28-16-8-6-14-26(28)27-15-7-9-17-29(27)33)20-10-11-21-34-22-19-31(34)35-23-24-12-4-5-13-25(24)32(35)37/h4-9,12-17,31H,2-3,10-11,18-23H2,1H3. The maximum absolute atomic E-state index is 14.0. The van der Waals surface area contributed by atoms with Crippen LogP contribution in [0.5, 0.6) is 0 Å². The highest BCUT2D eigenvalue weighted by molar-refractivity contribution is 6.01. The van der Waals surface area contributed by atoms with E-state index in [4.69, 9.17) is 0 Å². The number of fused-ring (bicyclic) bond motifs is 4. The van der Waals surface area contributed by atoms with E-state index in [0.717, 1.165) is 69.3 Å². The molecule has 1 amide bonds. The molecule has 3 aromatic rings. The van der Waals surface area contributed by atoms with Crippen molar-refractivity contribution in [2.75, 3.05) is 13.1 Å². The zero-order valence-electron chi connectivity index (χ0n) is 21.8. The molecule has 3 aromatic carbocycles. The summed E-state index contributed by atoms with van der Waals surface area (Å²) in [6, 6.07) is 25.1. The first-order chi connectivity index (χ1) is 18.1. The third-order valence-electron chi connectivity index (χ3n) is 8.85. The Labute approximate surface area is 220 Å². The zero-order chi connectivity index (χ0) is 25.4. The molecule has 0 N–H and O–H groups in total. The summed E-state index contributed by atoms with van der Waals surface area (Å²) in [5.74, 6) is 0.541. The van der Waals surface area contributed by atoms with Gasteiger partial charge in [0.05, 0.1) is 11.6 Å². The van der Waals surface area contributed by atoms with E-state index in [1.54, 1.807) is 0 Å². The Kier molecular flexibility index (Phi) is 6.46. The number of unbranched alkanes of at least 4 members (excludes halogenated alkanes) is 2. The van der Waals surface area contributed by atoms with E-state index in [-0.39, 0.29) is 12.1 Å². The normalized spacial score (nSPS) is 19.3. The van der Waals surface area contributed by atoms with Gasteiger partial charge in [-0.25, -0.2) is 0 Å². The molecule has 4 nitrogen and oxygen atoms in total. The van der Waals surface area contributed by atoms with Crippen LogP contribution in [0, 0.1) is 0 Å². The van der Waals surface area contributed by atoms with Crippen molar-refractivity contribution in [1.82, 2.24) is 9.80 Å². The van der Waals surface area contributed by atoms with Crippen LogP contribution in [0.4, 0.5) is 0 Å². The fraction of sp³-hybridized carbons (Fsp3) is 0.394. The first-order valence-electron chi connectivity index (χ1n) is 14.0. The van der Waals surface area contributed by atoms with Crippen LogP contribution < -0.4 is 0 Å². The van der Waals surface area contributed by atoms with E-state index >= 15 is 0 Å². The molecule has 4 heteroatoms. The average Bonchev–Trinajstić information content (AvgIpc) is 3.39. The highest BCUT2D eigenvalue weighted by Crippen LogP contribution is 2.52. The van der Waals surface area contributed by atoms with Crippen LogP contribution in [-0.4, -0.2) is 40.7 Å². The Bertz CT molecular complexity index is 1280. The Balaban J connectivity index is 1.17. The van der Waals surface area contributed by atoms with Crippen LogP contribution in [0.2, 0.25) is 0 Å². The second-order valence-electron chi connectivity index (χ2n) is 10.9. The van der Waals surface area contributed by atoms with Gasteiger partial charge in [0.25, 0.3) is 5.91 Å². The summed E-state index contributed by atoms with van der Waals surface area (Å²) < 4.78 is 0. The molecule has 1 saturated heterocycles. The van der Waals surface area contributed by atoms with Gasteiger partial charge in [-0.15, -0.1) is 0 Å². The summed E-state index contributed by atoms with van der Waals surface area (Å²) in [6.07, 6.45) is 6.69. The van der Waals surface area contributed by atoms with Gasteiger partial charge >= 0.3 is 0 Å². The van der Waals surface area contributed by atoms with E-state index in [0.29, 0.717) is 12.2 Å². The number of nitrogens with zero attached hydrogens (tertiary/aromatic N) is 2. The van der Waals surface area contributed by atoms with Crippen molar-refractivity contribution in [3.05, 3.63) is 95.1 Å². The van der Waals surface area contributed by atoms with Crippen molar-refractivity contribution in [1.29, 1.82) is 0 Å². The molecule has 2 aliphatic heterocycles. The number of Topliss-reactive ketones (excluding diaryl/α,β-unsaturated/α-hetero) is 1. The summed E-state index contributed by atoms with van der Waals surface area (Å²) in [5.41, 5.74) is 6.30. The monoisotopic (exact) mass is 492 g/mol. The molecular formula is C33H36N2O2. The molecule has 1 atom stereocenters. The smallest absolute Gasteiger partial charge is 0.255 e. The van der Waals surface area contributed by atoms with E-state index in [1.807, 2.05) is 23.1 Å². The van der Waals surface area contributed by atoms with Gasteiger partial charge in [-0.2, -0.15) is 0 Å². The first-order valence-corrected chi connectivity index (χ1v) is 14.0. The maximum Gasteiger partial charge on any atom is 0.255 e. The molecule has 0 saturated carbocycles. The average molecular weight is 493 g/mol. The fourth-order valence-electron chi connectivity index (χ4n) is 6.85. The summed E-state index contributed by atoms with van der Waals surface area (Å²) in [7, 11) is 0. The lowest BCUT2D eigenvalue weighted by atomic mass is 9.70. The van der Waals surface area contributed by atoms with E-state index < -0.39 is 5.41 Å². The lowest BCUT2D eigenvalue weighted by molar-refractivity contribution is -0.123. The van der Waals surface area contributed by atoms with Crippen molar-refractivity contribution in [3.63, 3.8) is 0 Å². The maximum atomic E-state index is 14.0. The summed E-state index contributed by atoms with van der Waals surface area (Å²) in [5, 5.41) is 0. The van der Waals surface area contributed by atoms with Crippen molar-refractivity contribution in [2.24, 2.45) is 0 Å². The van der Waals surface area contributed by atoms with E-state index in [1.165, 1.54) is 22.3 Å². The summed E-state index contributed by atoms with van der Waals surface area (Å²) >= 11 is 0. The third-order valence-corrected chi connectivity index (χ3v) is 8.85. The van der Waals surface area contributed by atoms with Crippen LogP contribution in [-0.2, 0) is 16.8 Å². The molecule has 37 heavy (non-hydrogen) atoms.